The smallest absolute Gasteiger partial charge is 0.471 e. The number of halogens is 3. The Hall–Kier alpha value is -3.70. The molecule has 3 aromatic heterocycles. The Balaban J connectivity index is 1.62. The number of carbonyl (C=O) groups is 1. The number of pyridine rings is 2. The molecule has 0 aliphatic rings. The van der Waals surface area contributed by atoms with Crippen LogP contribution in [0.1, 0.15) is 17.0 Å². The number of aromatic nitrogens is 4. The lowest BCUT2D eigenvalue weighted by molar-refractivity contribution is -0.159. The number of anilines is 1. The van der Waals surface area contributed by atoms with Crippen LogP contribution in [0.3, 0.4) is 0 Å². The third kappa shape index (κ3) is 4.97. The molecule has 29 heavy (non-hydrogen) atoms. The van der Waals surface area contributed by atoms with Gasteiger partial charge in [0.05, 0.1) is 7.11 Å². The molecule has 0 spiro atoms. The molecule has 0 unspecified atom stereocenters. The van der Waals surface area contributed by atoms with Crippen LogP contribution in [0.4, 0.5) is 23.8 Å². The van der Waals surface area contributed by atoms with E-state index in [0.29, 0.717) is 17.0 Å². The van der Waals surface area contributed by atoms with Gasteiger partial charge in [0, 0.05) is 29.6 Å². The topological polar surface area (TPSA) is 112 Å². The van der Waals surface area contributed by atoms with Crippen molar-refractivity contribution in [2.24, 2.45) is 0 Å². The minimum atomic E-state index is -4.74. The summed E-state index contributed by atoms with van der Waals surface area (Å²) in [6.07, 6.45) is -2.78. The van der Waals surface area contributed by atoms with E-state index in [-0.39, 0.29) is 23.8 Å². The molecule has 0 aliphatic carbocycles. The molecule has 0 atom stereocenters. The lowest BCUT2D eigenvalue weighted by Crippen LogP contribution is -2.15. The maximum Gasteiger partial charge on any atom is 0.471 e. The van der Waals surface area contributed by atoms with Gasteiger partial charge in [0.15, 0.2) is 0 Å². The van der Waals surface area contributed by atoms with Gasteiger partial charge >= 0.3 is 18.2 Å². The quantitative estimate of drug-likeness (QED) is 0.680. The average Bonchev–Trinajstić information content (AvgIpc) is 3.19. The van der Waals surface area contributed by atoms with E-state index in [4.69, 9.17) is 9.47 Å². The molecule has 0 aliphatic heterocycles. The van der Waals surface area contributed by atoms with Gasteiger partial charge in [0.25, 0.3) is 0 Å². The molecule has 0 radical (unpaired) electrons. The summed E-state index contributed by atoms with van der Waals surface area (Å²) in [6, 6.07) is 4.78. The Kier molecular flexibility index (Phi) is 5.61. The summed E-state index contributed by atoms with van der Waals surface area (Å²) in [5, 5.41) is 5.74. The molecule has 1 N–H and O–H groups in total. The van der Waals surface area contributed by atoms with E-state index < -0.39 is 18.2 Å². The first-order valence-electron chi connectivity index (χ1n) is 8.07. The molecule has 3 aromatic rings. The van der Waals surface area contributed by atoms with E-state index in [1.165, 1.54) is 25.6 Å². The Labute approximate surface area is 161 Å². The molecule has 0 bridgehead atoms. The fourth-order valence-corrected chi connectivity index (χ4v) is 2.18. The van der Waals surface area contributed by atoms with Gasteiger partial charge in [-0.2, -0.15) is 18.2 Å². The van der Waals surface area contributed by atoms with Crippen LogP contribution >= 0.6 is 0 Å². The van der Waals surface area contributed by atoms with Crippen LogP contribution < -0.4 is 10.1 Å². The van der Waals surface area contributed by atoms with Crippen LogP contribution in [0, 0.1) is 6.92 Å². The van der Waals surface area contributed by atoms with E-state index in [2.05, 4.69) is 29.9 Å². The predicted octanol–water partition coefficient (Wildman–Crippen LogP) is 3.61. The zero-order valence-electron chi connectivity index (χ0n) is 15.1. The van der Waals surface area contributed by atoms with Crippen molar-refractivity contribution in [2.45, 2.75) is 19.7 Å². The maximum atomic E-state index is 12.6. The molecule has 3 rings (SSSR count). The van der Waals surface area contributed by atoms with Crippen molar-refractivity contribution >= 4 is 11.9 Å². The van der Waals surface area contributed by atoms with Crippen molar-refractivity contribution in [3.8, 4) is 17.3 Å². The standard InChI is InChI=1S/C17H14F3N5O4/c1-9-5-11(14-23-15(29-25-14)17(18,19)20)7-22-13(9)24-16(26)28-8-10-3-4-12(27-2)21-6-10/h3-7H,8H2,1-2H3,(H,22,24,26). The maximum absolute atomic E-state index is 12.6. The van der Waals surface area contributed by atoms with Crippen molar-refractivity contribution in [3.05, 3.63) is 47.6 Å². The van der Waals surface area contributed by atoms with Crippen molar-refractivity contribution in [1.29, 1.82) is 0 Å². The third-order valence-corrected chi connectivity index (χ3v) is 3.60. The number of hydrogen-bond donors (Lipinski definition) is 1. The second-order valence-electron chi connectivity index (χ2n) is 5.72. The fraction of sp³-hybridized carbons (Fsp3) is 0.235. The second kappa shape index (κ2) is 8.12. The SMILES string of the molecule is COc1ccc(COC(=O)Nc2ncc(-c3noc(C(F)(F)F)n3)cc2C)cn1. The zero-order valence-corrected chi connectivity index (χ0v) is 15.1. The second-order valence-corrected chi connectivity index (χ2v) is 5.72. The van der Waals surface area contributed by atoms with Crippen LogP contribution in [0.15, 0.2) is 35.1 Å². The molecule has 3 heterocycles. The van der Waals surface area contributed by atoms with Crippen molar-refractivity contribution in [1.82, 2.24) is 20.1 Å². The molecule has 0 aromatic carbocycles. The van der Waals surface area contributed by atoms with Gasteiger partial charge in [-0.3, -0.25) is 5.32 Å². The van der Waals surface area contributed by atoms with Gasteiger partial charge in [-0.15, -0.1) is 0 Å². The largest absolute Gasteiger partial charge is 0.481 e. The molecule has 0 saturated heterocycles. The first-order valence-corrected chi connectivity index (χ1v) is 8.07. The Morgan fingerprint density at radius 2 is 2.03 bits per heavy atom. The van der Waals surface area contributed by atoms with Gasteiger partial charge in [0.1, 0.15) is 12.4 Å². The van der Waals surface area contributed by atoms with E-state index in [9.17, 15) is 18.0 Å². The monoisotopic (exact) mass is 409 g/mol. The normalized spacial score (nSPS) is 11.2. The molecular formula is C17H14F3N5O4. The zero-order chi connectivity index (χ0) is 21.0. The van der Waals surface area contributed by atoms with Crippen LogP contribution in [0.25, 0.3) is 11.4 Å². The van der Waals surface area contributed by atoms with Gasteiger partial charge in [0.2, 0.25) is 11.7 Å². The summed E-state index contributed by atoms with van der Waals surface area (Å²) in [5.41, 5.74) is 1.31. The summed E-state index contributed by atoms with van der Waals surface area (Å²) >= 11 is 0. The Morgan fingerprint density at radius 1 is 1.24 bits per heavy atom. The highest BCUT2D eigenvalue weighted by Crippen LogP contribution is 2.29. The summed E-state index contributed by atoms with van der Waals surface area (Å²) in [5.74, 6) is -1.12. The molecular weight excluding hydrogens is 395 g/mol. The Morgan fingerprint density at radius 3 is 2.62 bits per heavy atom. The van der Waals surface area contributed by atoms with Gasteiger partial charge < -0.3 is 14.0 Å². The number of nitrogens with one attached hydrogen (secondary N) is 1. The number of aryl methyl sites for hydroxylation is 1. The number of nitrogens with zero attached hydrogens (tertiary/aromatic N) is 4. The molecule has 12 heteroatoms. The predicted molar refractivity (Wildman–Crippen MR) is 91.9 cm³/mol. The summed E-state index contributed by atoms with van der Waals surface area (Å²) in [6.45, 7) is 1.58. The summed E-state index contributed by atoms with van der Waals surface area (Å²) in [4.78, 5) is 23.2. The number of ether oxygens (including phenoxy) is 2. The molecule has 0 fully saturated rings. The highest BCUT2D eigenvalue weighted by Gasteiger charge is 2.38. The minimum Gasteiger partial charge on any atom is -0.481 e. The lowest BCUT2D eigenvalue weighted by Gasteiger charge is -2.09. The number of hydrogen-bond acceptors (Lipinski definition) is 8. The first kappa shape index (κ1) is 20.0. The van der Waals surface area contributed by atoms with Crippen LogP contribution in [0.2, 0.25) is 0 Å². The number of rotatable bonds is 5. The number of amides is 1. The van der Waals surface area contributed by atoms with Crippen LogP contribution in [-0.4, -0.2) is 33.3 Å². The van der Waals surface area contributed by atoms with Crippen molar-refractivity contribution in [3.63, 3.8) is 0 Å². The Bertz CT molecular complexity index is 1010. The highest BCUT2D eigenvalue weighted by atomic mass is 19.4. The van der Waals surface area contributed by atoms with Crippen LogP contribution in [-0.2, 0) is 17.5 Å². The summed E-state index contributed by atoms with van der Waals surface area (Å²) < 4.78 is 51.9. The first-order chi connectivity index (χ1) is 13.8. The minimum absolute atomic E-state index is 0.0248. The van der Waals surface area contributed by atoms with E-state index in [1.54, 1.807) is 19.1 Å². The highest BCUT2D eigenvalue weighted by molar-refractivity contribution is 5.84. The van der Waals surface area contributed by atoms with Crippen molar-refractivity contribution in [2.75, 3.05) is 12.4 Å². The number of carbonyl (C=O) groups excluding carboxylic acids is 1. The lowest BCUT2D eigenvalue weighted by atomic mass is 10.2. The van der Waals surface area contributed by atoms with Crippen molar-refractivity contribution < 1.29 is 32.0 Å². The molecule has 1 amide bonds. The van der Waals surface area contributed by atoms with E-state index in [1.807, 2.05) is 0 Å². The van der Waals surface area contributed by atoms with Crippen LogP contribution in [0.5, 0.6) is 5.88 Å². The fourth-order valence-electron chi connectivity index (χ4n) is 2.18. The van der Waals surface area contributed by atoms with Gasteiger partial charge in [-0.05, 0) is 24.6 Å². The van der Waals surface area contributed by atoms with Gasteiger partial charge in [-0.25, -0.2) is 14.8 Å². The third-order valence-electron chi connectivity index (χ3n) is 3.60. The number of methoxy groups -OCH3 is 1. The molecule has 0 saturated carbocycles. The number of alkyl halides is 3. The molecule has 152 valence electrons. The molecule has 9 nitrogen and oxygen atoms in total. The summed E-state index contributed by atoms with van der Waals surface area (Å²) in [7, 11) is 1.49. The van der Waals surface area contributed by atoms with E-state index in [0.717, 1.165) is 0 Å². The van der Waals surface area contributed by atoms with Gasteiger partial charge in [-0.1, -0.05) is 5.16 Å². The average molecular weight is 409 g/mol. The van der Waals surface area contributed by atoms with E-state index >= 15 is 0 Å².